The molecule has 10 atom stereocenters. The maximum Gasteiger partial charge on any atom is 0.305 e. The Morgan fingerprint density at radius 3 is 2.44 bits per heavy atom. The molecule has 4 heteroatoms. The maximum atomic E-state index is 11.7. The predicted octanol–water partition coefficient (Wildman–Crippen LogP) is 6.00. The van der Waals surface area contributed by atoms with Crippen molar-refractivity contribution in [2.45, 2.75) is 111 Å². The summed E-state index contributed by atoms with van der Waals surface area (Å²) < 4.78 is 11.0. The molecule has 0 amide bonds. The molecule has 4 saturated carbocycles. The van der Waals surface area contributed by atoms with Crippen LogP contribution in [0, 0.1) is 46.3 Å². The summed E-state index contributed by atoms with van der Waals surface area (Å²) in [6.07, 6.45) is 13.5. The molecule has 32 heavy (non-hydrogen) atoms. The molecule has 1 N–H and O–H groups in total. The van der Waals surface area contributed by atoms with E-state index >= 15 is 0 Å². The van der Waals surface area contributed by atoms with Crippen molar-refractivity contribution >= 4 is 5.97 Å². The monoisotopic (exact) mass is 448 g/mol. The summed E-state index contributed by atoms with van der Waals surface area (Å²) in [6.45, 7) is 9.92. The van der Waals surface area contributed by atoms with Gasteiger partial charge < -0.3 is 14.6 Å². The first-order valence-electron chi connectivity index (χ1n) is 13.6. The van der Waals surface area contributed by atoms with E-state index in [9.17, 15) is 9.90 Å². The van der Waals surface area contributed by atoms with Crippen LogP contribution in [0.3, 0.4) is 0 Å². The summed E-state index contributed by atoms with van der Waals surface area (Å²) in [5.41, 5.74) is 0.932. The van der Waals surface area contributed by atoms with Gasteiger partial charge in [0.05, 0.1) is 25.9 Å². The van der Waals surface area contributed by atoms with E-state index in [-0.39, 0.29) is 12.1 Å². The zero-order chi connectivity index (χ0) is 23.1. The molecule has 0 radical (unpaired) electrons. The first-order valence-corrected chi connectivity index (χ1v) is 13.6. The number of fused-ring (bicyclic) bond motifs is 5. The maximum absolute atomic E-state index is 11.7. The minimum atomic E-state index is -0.361. The number of hydrogen-bond donors (Lipinski definition) is 1. The van der Waals surface area contributed by atoms with Gasteiger partial charge in [0.25, 0.3) is 0 Å². The van der Waals surface area contributed by atoms with Gasteiger partial charge in [-0.05, 0) is 117 Å². The molecule has 0 aromatic heterocycles. The largest absolute Gasteiger partial charge is 0.469 e. The van der Waals surface area contributed by atoms with Gasteiger partial charge in [0, 0.05) is 6.42 Å². The summed E-state index contributed by atoms with van der Waals surface area (Å²) in [5, 5.41) is 9.62. The average Bonchev–Trinajstić information content (AvgIpc) is 3.12. The summed E-state index contributed by atoms with van der Waals surface area (Å²) in [7, 11) is 1.50. The normalized spacial score (nSPS) is 45.3. The second-order valence-electron chi connectivity index (χ2n) is 12.6. The number of hydrogen-bond acceptors (Lipinski definition) is 4. The molecule has 0 bridgehead atoms. The molecule has 0 aromatic rings. The third kappa shape index (κ3) is 4.40. The minimum Gasteiger partial charge on any atom is -0.469 e. The lowest BCUT2D eigenvalue weighted by molar-refractivity contribution is -0.143. The van der Waals surface area contributed by atoms with Gasteiger partial charge in [-0.25, -0.2) is 0 Å². The fraction of sp³-hybridized carbons (Fsp3) is 0.964. The van der Waals surface area contributed by atoms with Crippen LogP contribution in [-0.4, -0.2) is 37.0 Å². The zero-order valence-corrected chi connectivity index (χ0v) is 21.3. The highest BCUT2D eigenvalue weighted by molar-refractivity contribution is 5.69. The molecule has 0 heterocycles. The number of carbonyl (C=O) groups is 1. The van der Waals surface area contributed by atoms with Crippen molar-refractivity contribution < 1.29 is 19.4 Å². The Kier molecular flexibility index (Phi) is 7.33. The second-order valence-corrected chi connectivity index (χ2v) is 12.6. The predicted molar refractivity (Wildman–Crippen MR) is 127 cm³/mol. The highest BCUT2D eigenvalue weighted by Gasteiger charge is 2.60. The molecule has 4 fully saturated rings. The molecule has 0 aliphatic heterocycles. The zero-order valence-electron chi connectivity index (χ0n) is 21.3. The van der Waals surface area contributed by atoms with Crippen molar-refractivity contribution in [2.24, 2.45) is 46.3 Å². The lowest BCUT2D eigenvalue weighted by atomic mass is 9.44. The molecule has 4 nitrogen and oxygen atoms in total. The first kappa shape index (κ1) is 24.5. The standard InChI is InChI=1S/C28H48O4/c1-18(6-11-26(30)31-5)23-9-10-24-22-8-7-20-16-21(32-17-19(2)29)12-14-27(20,3)25(22)13-15-28(23,24)4/h18-25,29H,6-17H2,1-5H3/t18-,19?,20?,21+,22+,23-,24+,25+,27+,28-/m1/s1. The molecular weight excluding hydrogens is 400 g/mol. The number of aliphatic hydroxyl groups excluding tert-OH is 1. The van der Waals surface area contributed by atoms with Crippen molar-refractivity contribution in [1.82, 2.24) is 0 Å². The van der Waals surface area contributed by atoms with Crippen LogP contribution in [0.25, 0.3) is 0 Å². The third-order valence-electron chi connectivity index (χ3n) is 11.0. The van der Waals surface area contributed by atoms with E-state index in [4.69, 9.17) is 9.47 Å². The van der Waals surface area contributed by atoms with Gasteiger partial charge in [-0.15, -0.1) is 0 Å². The Hall–Kier alpha value is -0.610. The lowest BCUT2D eigenvalue weighted by Gasteiger charge is -2.61. The number of carbonyl (C=O) groups excluding carboxylic acids is 1. The van der Waals surface area contributed by atoms with E-state index in [1.54, 1.807) is 0 Å². The minimum absolute atomic E-state index is 0.0560. The van der Waals surface area contributed by atoms with Gasteiger partial charge in [-0.1, -0.05) is 20.8 Å². The SMILES string of the molecule is COC(=O)CC[C@@H](C)[C@H]1CC[C@H]2[C@@H]3CCC4C[C@@H](OCC(C)O)CC[C@]4(C)[C@H]3CC[C@]12C. The van der Waals surface area contributed by atoms with Crippen LogP contribution in [0.4, 0.5) is 0 Å². The molecule has 4 aliphatic rings. The highest BCUT2D eigenvalue weighted by Crippen LogP contribution is 2.68. The molecule has 0 saturated heterocycles. The van der Waals surface area contributed by atoms with Crippen molar-refractivity contribution in [2.75, 3.05) is 13.7 Å². The number of esters is 1. The van der Waals surface area contributed by atoms with Crippen LogP contribution >= 0.6 is 0 Å². The van der Waals surface area contributed by atoms with Gasteiger partial charge in [0.15, 0.2) is 0 Å². The van der Waals surface area contributed by atoms with E-state index < -0.39 is 0 Å². The Bertz CT molecular complexity index is 662. The van der Waals surface area contributed by atoms with Gasteiger partial charge in [-0.2, -0.15) is 0 Å². The van der Waals surface area contributed by atoms with Gasteiger partial charge in [0.2, 0.25) is 0 Å². The molecular formula is C28H48O4. The van der Waals surface area contributed by atoms with Gasteiger partial charge in [0.1, 0.15) is 0 Å². The average molecular weight is 449 g/mol. The smallest absolute Gasteiger partial charge is 0.305 e. The van der Waals surface area contributed by atoms with E-state index in [0.29, 0.717) is 35.9 Å². The quantitative estimate of drug-likeness (QED) is 0.485. The van der Waals surface area contributed by atoms with Crippen molar-refractivity contribution in [1.29, 1.82) is 0 Å². The first-order chi connectivity index (χ1) is 15.2. The third-order valence-corrected chi connectivity index (χ3v) is 11.0. The lowest BCUT2D eigenvalue weighted by Crippen LogP contribution is -2.54. The second kappa shape index (κ2) is 9.56. The van der Waals surface area contributed by atoms with Crippen LogP contribution in [-0.2, 0) is 14.3 Å². The summed E-state index contributed by atoms with van der Waals surface area (Å²) in [5.74, 6) is 4.73. The van der Waals surface area contributed by atoms with Crippen molar-refractivity contribution in [3.05, 3.63) is 0 Å². The van der Waals surface area contributed by atoms with E-state index in [1.165, 1.54) is 58.5 Å². The number of methoxy groups -OCH3 is 1. The fourth-order valence-electron chi connectivity index (χ4n) is 9.27. The van der Waals surface area contributed by atoms with Crippen molar-refractivity contribution in [3.63, 3.8) is 0 Å². The Balaban J connectivity index is 1.42. The summed E-state index contributed by atoms with van der Waals surface area (Å²) >= 11 is 0. The van der Waals surface area contributed by atoms with Crippen LogP contribution in [0.15, 0.2) is 0 Å². The summed E-state index contributed by atoms with van der Waals surface area (Å²) in [4.78, 5) is 11.7. The van der Waals surface area contributed by atoms with Gasteiger partial charge in [-0.3, -0.25) is 4.79 Å². The molecule has 4 rings (SSSR count). The Labute approximate surface area is 196 Å². The van der Waals surface area contributed by atoms with E-state index in [1.807, 2.05) is 6.92 Å². The van der Waals surface area contributed by atoms with Crippen LogP contribution in [0.2, 0.25) is 0 Å². The fourth-order valence-corrected chi connectivity index (χ4v) is 9.27. The molecule has 184 valence electrons. The van der Waals surface area contributed by atoms with E-state index in [0.717, 1.165) is 42.4 Å². The van der Waals surface area contributed by atoms with Crippen molar-refractivity contribution in [3.8, 4) is 0 Å². The van der Waals surface area contributed by atoms with Crippen LogP contribution in [0.1, 0.15) is 98.3 Å². The van der Waals surface area contributed by atoms with Crippen LogP contribution in [0.5, 0.6) is 0 Å². The number of aliphatic hydroxyl groups is 1. The van der Waals surface area contributed by atoms with Gasteiger partial charge >= 0.3 is 5.97 Å². The molecule has 4 aliphatic carbocycles. The molecule has 0 aromatic carbocycles. The topological polar surface area (TPSA) is 55.8 Å². The molecule has 0 spiro atoms. The van der Waals surface area contributed by atoms with Crippen LogP contribution < -0.4 is 0 Å². The molecule has 2 unspecified atom stereocenters. The highest BCUT2D eigenvalue weighted by atomic mass is 16.5. The Morgan fingerprint density at radius 2 is 1.72 bits per heavy atom. The number of rotatable bonds is 7. The summed E-state index contributed by atoms with van der Waals surface area (Å²) in [6, 6.07) is 0. The van der Waals surface area contributed by atoms with E-state index in [2.05, 4.69) is 20.8 Å². The Morgan fingerprint density at radius 1 is 1.00 bits per heavy atom. The number of ether oxygens (including phenoxy) is 2.